The van der Waals surface area contributed by atoms with Crippen LogP contribution in [0.1, 0.15) is 31.3 Å². The second-order valence-electron chi connectivity index (χ2n) is 5.74. The molecule has 1 aromatic rings. The normalized spacial score (nSPS) is 27.3. The summed E-state index contributed by atoms with van der Waals surface area (Å²) in [4.78, 5) is 11.6. The number of hydrogen-bond donors (Lipinski definition) is 1. The third kappa shape index (κ3) is 2.09. The lowest BCUT2D eigenvalue weighted by atomic mass is 9.87. The van der Waals surface area contributed by atoms with Crippen LogP contribution in [0.15, 0.2) is 6.07 Å². The smallest absolute Gasteiger partial charge is 0.132 e. The maximum atomic E-state index is 4.68. The van der Waals surface area contributed by atoms with Gasteiger partial charge in [-0.1, -0.05) is 6.92 Å². The van der Waals surface area contributed by atoms with Crippen LogP contribution in [0, 0.1) is 12.3 Å². The lowest BCUT2D eigenvalue weighted by molar-refractivity contribution is 0.369. The molecule has 3 heterocycles. The van der Waals surface area contributed by atoms with Crippen LogP contribution >= 0.6 is 0 Å². The molecule has 98 valence electrons. The van der Waals surface area contributed by atoms with Crippen LogP contribution in [0.5, 0.6) is 0 Å². The minimum atomic E-state index is 0.505. The van der Waals surface area contributed by atoms with Crippen LogP contribution in [0.3, 0.4) is 0 Å². The molecule has 2 aliphatic heterocycles. The highest BCUT2D eigenvalue weighted by molar-refractivity contribution is 5.42. The molecular weight excluding hydrogens is 224 g/mol. The standard InChI is InChI=1S/C14H22N4/c1-3-12-16-11(2)8-13(17-12)18-7-5-14(10-18)4-6-15-9-14/h8,15H,3-7,9-10H2,1-2H3. The Morgan fingerprint density at radius 2 is 2.28 bits per heavy atom. The summed E-state index contributed by atoms with van der Waals surface area (Å²) in [6.07, 6.45) is 3.52. The van der Waals surface area contributed by atoms with Gasteiger partial charge in [-0.3, -0.25) is 0 Å². The Morgan fingerprint density at radius 3 is 3.00 bits per heavy atom. The second kappa shape index (κ2) is 4.50. The minimum absolute atomic E-state index is 0.505. The zero-order valence-electron chi connectivity index (χ0n) is 11.4. The SMILES string of the molecule is CCc1nc(C)cc(N2CCC3(CCNC3)C2)n1. The summed E-state index contributed by atoms with van der Waals surface area (Å²) in [6.45, 7) is 8.82. The summed E-state index contributed by atoms with van der Waals surface area (Å²) in [6, 6.07) is 2.13. The maximum absolute atomic E-state index is 4.68. The van der Waals surface area contributed by atoms with Crippen molar-refractivity contribution in [2.45, 2.75) is 33.1 Å². The van der Waals surface area contributed by atoms with Gasteiger partial charge in [0.15, 0.2) is 0 Å². The van der Waals surface area contributed by atoms with E-state index >= 15 is 0 Å². The summed E-state index contributed by atoms with van der Waals surface area (Å²) in [5, 5.41) is 3.50. The van der Waals surface area contributed by atoms with Gasteiger partial charge in [0.25, 0.3) is 0 Å². The Labute approximate surface area is 109 Å². The van der Waals surface area contributed by atoms with E-state index in [-0.39, 0.29) is 0 Å². The molecule has 0 aromatic carbocycles. The average Bonchev–Trinajstić information content (AvgIpc) is 3.00. The molecule has 4 heteroatoms. The monoisotopic (exact) mass is 246 g/mol. The summed E-state index contributed by atoms with van der Waals surface area (Å²) >= 11 is 0. The van der Waals surface area contributed by atoms with Crippen molar-refractivity contribution in [2.24, 2.45) is 5.41 Å². The van der Waals surface area contributed by atoms with E-state index in [1.165, 1.54) is 25.9 Å². The van der Waals surface area contributed by atoms with Crippen LogP contribution in [-0.2, 0) is 6.42 Å². The fourth-order valence-corrected chi connectivity index (χ4v) is 3.21. The van der Waals surface area contributed by atoms with Gasteiger partial charge in [-0.2, -0.15) is 0 Å². The molecular formula is C14H22N4. The molecule has 1 spiro atoms. The Hall–Kier alpha value is -1.16. The number of aromatic nitrogens is 2. The third-order valence-corrected chi connectivity index (χ3v) is 4.30. The first-order valence-electron chi connectivity index (χ1n) is 7.01. The molecule has 0 amide bonds. The first-order chi connectivity index (χ1) is 8.71. The van der Waals surface area contributed by atoms with Crippen LogP contribution in [-0.4, -0.2) is 36.1 Å². The summed E-state index contributed by atoms with van der Waals surface area (Å²) in [7, 11) is 0. The highest BCUT2D eigenvalue weighted by Gasteiger charge is 2.40. The van der Waals surface area contributed by atoms with Gasteiger partial charge in [-0.25, -0.2) is 9.97 Å². The van der Waals surface area contributed by atoms with Gasteiger partial charge in [0.1, 0.15) is 11.6 Å². The molecule has 4 nitrogen and oxygen atoms in total. The van der Waals surface area contributed by atoms with Gasteiger partial charge in [0.05, 0.1) is 0 Å². The third-order valence-electron chi connectivity index (χ3n) is 4.30. The van der Waals surface area contributed by atoms with Crippen LogP contribution in [0.4, 0.5) is 5.82 Å². The Bertz CT molecular complexity index is 437. The number of aryl methyl sites for hydroxylation is 2. The Kier molecular flexibility index (Phi) is 2.98. The fraction of sp³-hybridized carbons (Fsp3) is 0.714. The molecule has 0 saturated carbocycles. The number of hydrogen-bond acceptors (Lipinski definition) is 4. The largest absolute Gasteiger partial charge is 0.356 e. The lowest BCUT2D eigenvalue weighted by Gasteiger charge is -2.23. The van der Waals surface area contributed by atoms with Crippen LogP contribution in [0.25, 0.3) is 0 Å². The van der Waals surface area contributed by atoms with E-state index in [0.29, 0.717) is 5.41 Å². The van der Waals surface area contributed by atoms with Crippen molar-refractivity contribution in [3.05, 3.63) is 17.6 Å². The summed E-state index contributed by atoms with van der Waals surface area (Å²) < 4.78 is 0. The second-order valence-corrected chi connectivity index (χ2v) is 5.74. The first kappa shape index (κ1) is 11.9. The van der Waals surface area contributed by atoms with Crippen molar-refractivity contribution in [1.82, 2.24) is 15.3 Å². The van der Waals surface area contributed by atoms with Gasteiger partial charge in [0.2, 0.25) is 0 Å². The van der Waals surface area contributed by atoms with Crippen molar-refractivity contribution in [2.75, 3.05) is 31.1 Å². The van der Waals surface area contributed by atoms with E-state index < -0.39 is 0 Å². The molecule has 1 N–H and O–H groups in total. The van der Waals surface area contributed by atoms with Crippen molar-refractivity contribution >= 4 is 5.82 Å². The number of anilines is 1. The Morgan fingerprint density at radius 1 is 1.39 bits per heavy atom. The lowest BCUT2D eigenvalue weighted by Crippen LogP contribution is -2.29. The molecule has 2 fully saturated rings. The van der Waals surface area contributed by atoms with E-state index in [0.717, 1.165) is 36.8 Å². The molecule has 1 unspecified atom stereocenters. The minimum Gasteiger partial charge on any atom is -0.356 e. The number of nitrogens with zero attached hydrogens (tertiary/aromatic N) is 3. The predicted molar refractivity (Wildman–Crippen MR) is 72.9 cm³/mol. The highest BCUT2D eigenvalue weighted by Crippen LogP contribution is 2.37. The highest BCUT2D eigenvalue weighted by atomic mass is 15.2. The van der Waals surface area contributed by atoms with Crippen molar-refractivity contribution < 1.29 is 0 Å². The van der Waals surface area contributed by atoms with Crippen molar-refractivity contribution in [3.63, 3.8) is 0 Å². The van der Waals surface area contributed by atoms with E-state index in [4.69, 9.17) is 0 Å². The van der Waals surface area contributed by atoms with Gasteiger partial charge in [-0.05, 0) is 26.3 Å². The summed E-state index contributed by atoms with van der Waals surface area (Å²) in [5.74, 6) is 2.10. The molecule has 0 aliphatic carbocycles. The van der Waals surface area contributed by atoms with Crippen molar-refractivity contribution in [1.29, 1.82) is 0 Å². The average molecular weight is 246 g/mol. The maximum Gasteiger partial charge on any atom is 0.132 e. The fourth-order valence-electron chi connectivity index (χ4n) is 3.21. The molecule has 0 radical (unpaired) electrons. The first-order valence-corrected chi connectivity index (χ1v) is 7.01. The predicted octanol–water partition coefficient (Wildman–Crippen LogP) is 1.54. The number of rotatable bonds is 2. The van der Waals surface area contributed by atoms with E-state index in [9.17, 15) is 0 Å². The van der Waals surface area contributed by atoms with Gasteiger partial charge in [-0.15, -0.1) is 0 Å². The molecule has 2 saturated heterocycles. The van der Waals surface area contributed by atoms with E-state index in [1.807, 2.05) is 0 Å². The molecule has 18 heavy (non-hydrogen) atoms. The molecule has 1 atom stereocenters. The number of nitrogens with one attached hydrogen (secondary N) is 1. The van der Waals surface area contributed by atoms with Crippen molar-refractivity contribution in [3.8, 4) is 0 Å². The quantitative estimate of drug-likeness (QED) is 0.859. The molecule has 1 aromatic heterocycles. The Balaban J connectivity index is 1.81. The van der Waals surface area contributed by atoms with Gasteiger partial charge >= 0.3 is 0 Å². The molecule has 0 bridgehead atoms. The van der Waals surface area contributed by atoms with Gasteiger partial charge in [0, 0.05) is 43.2 Å². The van der Waals surface area contributed by atoms with Crippen LogP contribution < -0.4 is 10.2 Å². The molecule has 2 aliphatic rings. The molecule has 3 rings (SSSR count). The summed E-state index contributed by atoms with van der Waals surface area (Å²) in [5.41, 5.74) is 1.59. The zero-order chi connectivity index (χ0) is 12.6. The van der Waals surface area contributed by atoms with Crippen LogP contribution in [0.2, 0.25) is 0 Å². The zero-order valence-corrected chi connectivity index (χ0v) is 11.4. The topological polar surface area (TPSA) is 41.1 Å². The van der Waals surface area contributed by atoms with E-state index in [1.54, 1.807) is 0 Å². The van der Waals surface area contributed by atoms with Gasteiger partial charge < -0.3 is 10.2 Å². The van der Waals surface area contributed by atoms with E-state index in [2.05, 4.69) is 40.1 Å².